The first-order chi connectivity index (χ1) is 9.26. The summed E-state index contributed by atoms with van der Waals surface area (Å²) in [5.41, 5.74) is 0.676. The second-order valence-electron chi connectivity index (χ2n) is 6.01. The van der Waals surface area contributed by atoms with Crippen molar-refractivity contribution in [1.29, 1.82) is 0 Å². The highest BCUT2D eigenvalue weighted by atomic mass is 79.9. The molecule has 0 saturated heterocycles. The third-order valence-electron chi connectivity index (χ3n) is 3.14. The van der Waals surface area contributed by atoms with E-state index >= 15 is 0 Å². The van der Waals surface area contributed by atoms with Gasteiger partial charge in [-0.25, -0.2) is 4.79 Å². The zero-order valence-electron chi connectivity index (χ0n) is 12.2. The number of amides is 1. The van der Waals surface area contributed by atoms with E-state index in [0.717, 1.165) is 15.8 Å². The van der Waals surface area contributed by atoms with Crippen molar-refractivity contribution >= 4 is 22.0 Å². The first-order valence-corrected chi connectivity index (χ1v) is 7.48. The zero-order chi connectivity index (χ0) is 14.9. The van der Waals surface area contributed by atoms with E-state index < -0.39 is 11.7 Å². The molecule has 0 fully saturated rings. The van der Waals surface area contributed by atoms with Gasteiger partial charge in [0, 0.05) is 16.0 Å². The summed E-state index contributed by atoms with van der Waals surface area (Å²) in [6.07, 6.45) is -0.475. The van der Waals surface area contributed by atoms with Crippen LogP contribution in [0.5, 0.6) is 5.75 Å². The quantitative estimate of drug-likeness (QED) is 0.888. The third kappa shape index (κ3) is 3.66. The number of ether oxygens (including phenoxy) is 2. The van der Waals surface area contributed by atoms with Crippen molar-refractivity contribution < 1.29 is 14.3 Å². The maximum absolute atomic E-state index is 11.7. The number of carbonyl (C=O) groups is 1. The Hall–Kier alpha value is -1.23. The van der Waals surface area contributed by atoms with E-state index in [-0.39, 0.29) is 12.0 Å². The van der Waals surface area contributed by atoms with Crippen LogP contribution in [-0.4, -0.2) is 24.3 Å². The first-order valence-electron chi connectivity index (χ1n) is 6.69. The lowest BCUT2D eigenvalue weighted by atomic mass is 9.98. The highest BCUT2D eigenvalue weighted by Gasteiger charge is 2.31. The van der Waals surface area contributed by atoms with Gasteiger partial charge < -0.3 is 14.8 Å². The minimum Gasteiger partial charge on any atom is -0.488 e. The van der Waals surface area contributed by atoms with Crippen molar-refractivity contribution in [1.82, 2.24) is 5.32 Å². The molecular formula is C15H20BrNO3. The van der Waals surface area contributed by atoms with Crippen LogP contribution < -0.4 is 10.1 Å². The van der Waals surface area contributed by atoms with Crippen molar-refractivity contribution in [3.05, 3.63) is 28.2 Å². The Balaban J connectivity index is 1.92. The van der Waals surface area contributed by atoms with Gasteiger partial charge in [-0.05, 0) is 39.0 Å². The molecule has 1 aromatic carbocycles. The molecule has 0 aromatic heterocycles. The molecule has 0 unspecified atom stereocenters. The lowest BCUT2D eigenvalue weighted by molar-refractivity contribution is 0.0502. The van der Waals surface area contributed by atoms with Gasteiger partial charge in [0.15, 0.2) is 0 Å². The minimum atomic E-state index is -0.486. The number of rotatable bonds is 2. The summed E-state index contributed by atoms with van der Waals surface area (Å²) in [6, 6.07) is 5.96. The lowest BCUT2D eigenvalue weighted by Crippen LogP contribution is -2.39. The van der Waals surface area contributed by atoms with Crippen molar-refractivity contribution in [2.24, 2.45) is 0 Å². The predicted molar refractivity (Wildman–Crippen MR) is 81.2 cm³/mol. The Labute approximate surface area is 128 Å². The predicted octanol–water partition coefficient (Wildman–Crippen LogP) is 3.84. The molecule has 0 saturated carbocycles. The van der Waals surface area contributed by atoms with E-state index in [1.165, 1.54) is 0 Å². The van der Waals surface area contributed by atoms with Crippen LogP contribution in [0.15, 0.2) is 22.7 Å². The Morgan fingerprint density at radius 1 is 1.45 bits per heavy atom. The SMILES string of the molecule is C[C@H]1c2cc(Br)ccc2O[C@H]1CNC(=O)OC(C)(C)C. The van der Waals surface area contributed by atoms with Crippen molar-refractivity contribution in [3.8, 4) is 5.75 Å². The van der Waals surface area contributed by atoms with Crippen LogP contribution in [0.2, 0.25) is 0 Å². The summed E-state index contributed by atoms with van der Waals surface area (Å²) in [6.45, 7) is 8.06. The summed E-state index contributed by atoms with van der Waals surface area (Å²) in [5, 5.41) is 2.76. The van der Waals surface area contributed by atoms with Gasteiger partial charge in [0.25, 0.3) is 0 Å². The van der Waals surface area contributed by atoms with Gasteiger partial charge in [0.1, 0.15) is 17.5 Å². The zero-order valence-corrected chi connectivity index (χ0v) is 13.8. The number of benzene rings is 1. The fourth-order valence-electron chi connectivity index (χ4n) is 2.16. The number of halogens is 1. The third-order valence-corrected chi connectivity index (χ3v) is 3.64. The molecule has 110 valence electrons. The van der Waals surface area contributed by atoms with E-state index in [1.807, 2.05) is 32.9 Å². The van der Waals surface area contributed by atoms with E-state index in [4.69, 9.17) is 9.47 Å². The fraction of sp³-hybridized carbons (Fsp3) is 0.533. The maximum atomic E-state index is 11.7. The Morgan fingerprint density at radius 3 is 2.80 bits per heavy atom. The molecule has 4 nitrogen and oxygen atoms in total. The summed E-state index contributed by atoms with van der Waals surface area (Å²) < 4.78 is 12.1. The van der Waals surface area contributed by atoms with Crippen LogP contribution in [-0.2, 0) is 4.74 Å². The van der Waals surface area contributed by atoms with Gasteiger partial charge in [-0.3, -0.25) is 0 Å². The molecule has 2 atom stereocenters. The summed E-state index contributed by atoms with van der Waals surface area (Å²) >= 11 is 3.46. The van der Waals surface area contributed by atoms with Crippen molar-refractivity contribution in [2.75, 3.05) is 6.54 Å². The number of hydrogen-bond acceptors (Lipinski definition) is 3. The van der Waals surface area contributed by atoms with Crippen LogP contribution in [0.3, 0.4) is 0 Å². The van der Waals surface area contributed by atoms with Crippen LogP contribution >= 0.6 is 15.9 Å². The molecule has 1 heterocycles. The van der Waals surface area contributed by atoms with Gasteiger partial charge in [-0.2, -0.15) is 0 Å². The van der Waals surface area contributed by atoms with Gasteiger partial charge >= 0.3 is 6.09 Å². The normalized spacial score (nSPS) is 21.1. The fourth-order valence-corrected chi connectivity index (χ4v) is 2.54. The second kappa shape index (κ2) is 5.64. The standard InChI is InChI=1S/C15H20BrNO3/c1-9-11-7-10(16)5-6-12(11)19-13(9)8-17-14(18)20-15(2,3)4/h5-7,9,13H,8H2,1-4H3,(H,17,18)/t9-,13-/m0/s1. The average Bonchev–Trinajstić information content (AvgIpc) is 2.62. The molecule has 5 heteroatoms. The molecule has 0 spiro atoms. The largest absolute Gasteiger partial charge is 0.488 e. The topological polar surface area (TPSA) is 47.6 Å². The first kappa shape index (κ1) is 15.2. The van der Waals surface area contributed by atoms with E-state index in [9.17, 15) is 4.79 Å². The number of fused-ring (bicyclic) bond motifs is 1. The number of nitrogens with one attached hydrogen (secondary N) is 1. The number of carbonyl (C=O) groups excluding carboxylic acids is 1. The molecule has 20 heavy (non-hydrogen) atoms. The van der Waals surface area contributed by atoms with Crippen LogP contribution in [0.25, 0.3) is 0 Å². The van der Waals surface area contributed by atoms with Gasteiger partial charge in [0.2, 0.25) is 0 Å². The van der Waals surface area contributed by atoms with Gasteiger partial charge in [0.05, 0.1) is 6.54 Å². The summed E-state index contributed by atoms with van der Waals surface area (Å²) in [7, 11) is 0. The highest BCUT2D eigenvalue weighted by Crippen LogP contribution is 2.39. The Morgan fingerprint density at radius 2 is 2.15 bits per heavy atom. The van der Waals surface area contributed by atoms with Gasteiger partial charge in [-0.15, -0.1) is 0 Å². The molecule has 0 bridgehead atoms. The minimum absolute atomic E-state index is 0.0631. The van der Waals surface area contributed by atoms with E-state index in [0.29, 0.717) is 6.54 Å². The van der Waals surface area contributed by atoms with E-state index in [1.54, 1.807) is 0 Å². The van der Waals surface area contributed by atoms with E-state index in [2.05, 4.69) is 34.2 Å². The summed E-state index contributed by atoms with van der Waals surface area (Å²) in [5.74, 6) is 1.12. The molecular weight excluding hydrogens is 322 g/mol. The molecule has 1 amide bonds. The van der Waals surface area contributed by atoms with Crippen LogP contribution in [0.1, 0.15) is 39.2 Å². The number of alkyl carbamates (subject to hydrolysis) is 1. The summed E-state index contributed by atoms with van der Waals surface area (Å²) in [4.78, 5) is 11.7. The molecule has 1 aromatic rings. The molecule has 0 radical (unpaired) electrons. The molecule has 1 aliphatic heterocycles. The average molecular weight is 342 g/mol. The van der Waals surface area contributed by atoms with Crippen molar-refractivity contribution in [3.63, 3.8) is 0 Å². The highest BCUT2D eigenvalue weighted by molar-refractivity contribution is 9.10. The monoisotopic (exact) mass is 341 g/mol. The van der Waals surface area contributed by atoms with Crippen molar-refractivity contribution in [2.45, 2.75) is 45.3 Å². The maximum Gasteiger partial charge on any atom is 0.407 e. The lowest BCUT2D eigenvalue weighted by Gasteiger charge is -2.21. The van der Waals surface area contributed by atoms with Crippen LogP contribution in [0, 0.1) is 0 Å². The van der Waals surface area contributed by atoms with Gasteiger partial charge in [-0.1, -0.05) is 22.9 Å². The molecule has 0 aliphatic carbocycles. The second-order valence-corrected chi connectivity index (χ2v) is 6.93. The number of hydrogen-bond donors (Lipinski definition) is 1. The smallest absolute Gasteiger partial charge is 0.407 e. The molecule has 1 N–H and O–H groups in total. The Bertz CT molecular complexity index is 510. The molecule has 2 rings (SSSR count). The van der Waals surface area contributed by atoms with Crippen LogP contribution in [0.4, 0.5) is 4.79 Å². The Kier molecular flexibility index (Phi) is 4.28. The molecule has 1 aliphatic rings.